The Balaban J connectivity index is 1.44. The van der Waals surface area contributed by atoms with E-state index in [2.05, 4.69) is 11.2 Å². The third kappa shape index (κ3) is 3.83. The number of nitrogens with zero attached hydrogens (tertiary/aromatic N) is 1. The van der Waals surface area contributed by atoms with Crippen LogP contribution in [0.1, 0.15) is 57.4 Å². The predicted molar refractivity (Wildman–Crippen MR) is 100 cm³/mol. The lowest BCUT2D eigenvalue weighted by molar-refractivity contribution is -0.0237. The molecular formula is C21H29NO4. The zero-order valence-electron chi connectivity index (χ0n) is 15.7. The van der Waals surface area contributed by atoms with Gasteiger partial charge in [0.2, 0.25) is 0 Å². The first-order chi connectivity index (χ1) is 12.8. The zero-order valence-corrected chi connectivity index (χ0v) is 15.7. The number of ether oxygens (including phenoxy) is 3. The Morgan fingerprint density at radius 1 is 1.15 bits per heavy atom. The van der Waals surface area contributed by atoms with Crippen molar-refractivity contribution in [2.24, 2.45) is 11.1 Å². The maximum absolute atomic E-state index is 6.12. The van der Waals surface area contributed by atoms with Crippen LogP contribution in [0.25, 0.3) is 0 Å². The molecule has 5 nitrogen and oxygen atoms in total. The van der Waals surface area contributed by atoms with E-state index in [9.17, 15) is 0 Å². The van der Waals surface area contributed by atoms with Crippen molar-refractivity contribution in [3.8, 4) is 11.5 Å². The Kier molecular flexibility index (Phi) is 5.34. The number of benzene rings is 1. The Morgan fingerprint density at radius 3 is 2.81 bits per heavy atom. The SMILES string of the molecule is CCOc1cc(C2=NOC3(CCOC3)C2)ccc1OCC1CCCCC1. The van der Waals surface area contributed by atoms with Crippen LogP contribution in [0.4, 0.5) is 0 Å². The maximum Gasteiger partial charge on any atom is 0.168 e. The fraction of sp³-hybridized carbons (Fsp3) is 0.667. The molecule has 26 heavy (non-hydrogen) atoms. The molecule has 4 rings (SSSR count). The van der Waals surface area contributed by atoms with Gasteiger partial charge in [-0.3, -0.25) is 0 Å². The summed E-state index contributed by atoms with van der Waals surface area (Å²) in [7, 11) is 0. The summed E-state index contributed by atoms with van der Waals surface area (Å²) in [5, 5.41) is 4.33. The lowest BCUT2D eigenvalue weighted by Crippen LogP contribution is -2.29. The van der Waals surface area contributed by atoms with Crippen LogP contribution < -0.4 is 9.47 Å². The van der Waals surface area contributed by atoms with Crippen LogP contribution in [0, 0.1) is 5.92 Å². The van der Waals surface area contributed by atoms with Crippen molar-refractivity contribution in [1.29, 1.82) is 0 Å². The van der Waals surface area contributed by atoms with Crippen LogP contribution in [0.3, 0.4) is 0 Å². The summed E-state index contributed by atoms with van der Waals surface area (Å²) in [6.07, 6.45) is 8.28. The van der Waals surface area contributed by atoms with Gasteiger partial charge in [0, 0.05) is 18.4 Å². The molecule has 2 aliphatic heterocycles. The van der Waals surface area contributed by atoms with Gasteiger partial charge in [0.25, 0.3) is 0 Å². The lowest BCUT2D eigenvalue weighted by Gasteiger charge is -2.22. The molecule has 1 atom stereocenters. The van der Waals surface area contributed by atoms with Gasteiger partial charge in [0.05, 0.1) is 32.1 Å². The van der Waals surface area contributed by atoms with Gasteiger partial charge in [0.15, 0.2) is 17.1 Å². The molecule has 2 fully saturated rings. The fourth-order valence-electron chi connectivity index (χ4n) is 4.11. The van der Waals surface area contributed by atoms with E-state index in [1.807, 2.05) is 19.1 Å². The van der Waals surface area contributed by atoms with E-state index in [1.54, 1.807) is 0 Å². The minimum absolute atomic E-state index is 0.253. The molecule has 3 aliphatic rings. The third-order valence-electron chi connectivity index (χ3n) is 5.68. The van der Waals surface area contributed by atoms with Crippen molar-refractivity contribution < 1.29 is 19.0 Å². The van der Waals surface area contributed by atoms with Crippen LogP contribution in [-0.4, -0.2) is 37.7 Å². The topological polar surface area (TPSA) is 49.3 Å². The van der Waals surface area contributed by atoms with Crippen LogP contribution in [-0.2, 0) is 9.57 Å². The van der Waals surface area contributed by atoms with Crippen LogP contribution in [0.2, 0.25) is 0 Å². The molecule has 1 spiro atoms. The van der Waals surface area contributed by atoms with Crippen molar-refractivity contribution in [3.63, 3.8) is 0 Å². The number of hydrogen-bond donors (Lipinski definition) is 0. The highest BCUT2D eigenvalue weighted by Gasteiger charge is 2.43. The molecule has 0 bridgehead atoms. The molecule has 142 valence electrons. The van der Waals surface area contributed by atoms with E-state index >= 15 is 0 Å². The van der Waals surface area contributed by atoms with Crippen molar-refractivity contribution in [2.45, 2.75) is 57.5 Å². The van der Waals surface area contributed by atoms with Gasteiger partial charge in [-0.15, -0.1) is 0 Å². The Labute approximate surface area is 155 Å². The van der Waals surface area contributed by atoms with Gasteiger partial charge < -0.3 is 19.0 Å². The highest BCUT2D eigenvalue weighted by molar-refractivity contribution is 6.02. The highest BCUT2D eigenvalue weighted by Crippen LogP contribution is 2.36. The van der Waals surface area contributed by atoms with Crippen LogP contribution in [0.15, 0.2) is 23.4 Å². The monoisotopic (exact) mass is 359 g/mol. The van der Waals surface area contributed by atoms with Crippen molar-refractivity contribution in [1.82, 2.24) is 0 Å². The first kappa shape index (κ1) is 17.7. The van der Waals surface area contributed by atoms with Crippen LogP contribution >= 0.6 is 0 Å². The van der Waals surface area contributed by atoms with Gasteiger partial charge in [-0.05, 0) is 43.9 Å². The van der Waals surface area contributed by atoms with Crippen LogP contribution in [0.5, 0.6) is 11.5 Å². The molecule has 5 heteroatoms. The Hall–Kier alpha value is -1.75. The van der Waals surface area contributed by atoms with E-state index < -0.39 is 0 Å². The summed E-state index contributed by atoms with van der Waals surface area (Å²) in [6.45, 7) is 4.77. The summed E-state index contributed by atoms with van der Waals surface area (Å²) in [6, 6.07) is 6.12. The van der Waals surface area contributed by atoms with Gasteiger partial charge in [-0.1, -0.05) is 24.4 Å². The fourth-order valence-corrected chi connectivity index (χ4v) is 4.11. The van der Waals surface area contributed by atoms with Crippen molar-refractivity contribution in [2.75, 3.05) is 26.4 Å². The average molecular weight is 359 g/mol. The van der Waals surface area contributed by atoms with E-state index in [0.29, 0.717) is 19.1 Å². The third-order valence-corrected chi connectivity index (χ3v) is 5.68. The second-order valence-corrected chi connectivity index (χ2v) is 7.70. The average Bonchev–Trinajstić information content (AvgIpc) is 3.32. The molecule has 1 unspecified atom stereocenters. The van der Waals surface area contributed by atoms with Gasteiger partial charge in [-0.2, -0.15) is 0 Å². The molecule has 0 N–H and O–H groups in total. The van der Waals surface area contributed by atoms with Gasteiger partial charge in [0.1, 0.15) is 0 Å². The molecular weight excluding hydrogens is 330 g/mol. The predicted octanol–water partition coefficient (Wildman–Crippen LogP) is 4.33. The maximum atomic E-state index is 6.12. The summed E-state index contributed by atoms with van der Waals surface area (Å²) >= 11 is 0. The summed E-state index contributed by atoms with van der Waals surface area (Å²) in [5.41, 5.74) is 1.76. The molecule has 0 radical (unpaired) electrons. The first-order valence-electron chi connectivity index (χ1n) is 10.0. The van der Waals surface area contributed by atoms with Crippen molar-refractivity contribution >= 4 is 5.71 Å². The largest absolute Gasteiger partial charge is 0.490 e. The van der Waals surface area contributed by atoms with Crippen molar-refractivity contribution in [3.05, 3.63) is 23.8 Å². The number of hydrogen-bond acceptors (Lipinski definition) is 5. The first-order valence-corrected chi connectivity index (χ1v) is 10.0. The van der Waals surface area contributed by atoms with E-state index in [-0.39, 0.29) is 5.60 Å². The normalized spacial score (nSPS) is 26.0. The molecule has 2 heterocycles. The Morgan fingerprint density at radius 2 is 2.04 bits per heavy atom. The molecule has 1 aliphatic carbocycles. The second-order valence-electron chi connectivity index (χ2n) is 7.70. The van der Waals surface area contributed by atoms with E-state index in [1.165, 1.54) is 32.1 Å². The van der Waals surface area contributed by atoms with Gasteiger partial charge >= 0.3 is 0 Å². The second kappa shape index (κ2) is 7.87. The minimum Gasteiger partial charge on any atom is -0.490 e. The standard InChI is InChI=1S/C21H29NO4/c1-2-24-20-12-17(18-13-21(26-22-18)10-11-23-15-21)8-9-19(20)25-14-16-6-4-3-5-7-16/h8-9,12,16H,2-7,10-11,13-15H2,1H3. The number of oxime groups is 1. The lowest BCUT2D eigenvalue weighted by atomic mass is 9.90. The number of rotatable bonds is 6. The van der Waals surface area contributed by atoms with Gasteiger partial charge in [-0.25, -0.2) is 0 Å². The molecule has 0 aromatic heterocycles. The van der Waals surface area contributed by atoms with E-state index in [0.717, 1.165) is 48.8 Å². The summed E-state index contributed by atoms with van der Waals surface area (Å²) < 4.78 is 17.5. The minimum atomic E-state index is -0.253. The van der Waals surface area contributed by atoms with E-state index in [4.69, 9.17) is 19.0 Å². The summed E-state index contributed by atoms with van der Waals surface area (Å²) in [4.78, 5) is 5.72. The molecule has 0 amide bonds. The molecule has 1 aromatic rings. The zero-order chi connectivity index (χ0) is 17.8. The molecule has 1 saturated heterocycles. The molecule has 1 saturated carbocycles. The summed E-state index contributed by atoms with van der Waals surface area (Å²) in [5.74, 6) is 2.31. The quantitative estimate of drug-likeness (QED) is 0.759. The highest BCUT2D eigenvalue weighted by atomic mass is 16.7. The molecule has 1 aromatic carbocycles. The smallest absolute Gasteiger partial charge is 0.168 e. The Bertz CT molecular complexity index is 645.